The van der Waals surface area contributed by atoms with Crippen molar-refractivity contribution < 1.29 is 13.2 Å². The lowest BCUT2D eigenvalue weighted by Gasteiger charge is -2.20. The van der Waals surface area contributed by atoms with Crippen LogP contribution in [0.5, 0.6) is 0 Å². The number of nitrogens with zero attached hydrogens (tertiary/aromatic N) is 3. The fourth-order valence-corrected chi connectivity index (χ4v) is 5.05. The Bertz CT molecular complexity index is 1370. The van der Waals surface area contributed by atoms with Gasteiger partial charge in [0.25, 0.3) is 15.9 Å². The van der Waals surface area contributed by atoms with Gasteiger partial charge in [-0.3, -0.25) is 19.4 Å². The zero-order chi connectivity index (χ0) is 22.7. The molecule has 1 amide bonds. The molecule has 2 heterocycles. The second kappa shape index (κ2) is 9.07. The summed E-state index contributed by atoms with van der Waals surface area (Å²) in [4.78, 5) is 21.2. The van der Waals surface area contributed by atoms with Crippen LogP contribution in [0.3, 0.4) is 0 Å². The van der Waals surface area contributed by atoms with Crippen LogP contribution in [0.25, 0.3) is 11.3 Å². The Morgan fingerprint density at radius 3 is 2.66 bits per heavy atom. The van der Waals surface area contributed by atoms with Crippen LogP contribution in [0.4, 0.5) is 10.8 Å². The molecule has 0 spiro atoms. The van der Waals surface area contributed by atoms with Gasteiger partial charge >= 0.3 is 0 Å². The molecule has 0 aliphatic rings. The number of amides is 1. The van der Waals surface area contributed by atoms with E-state index in [0.29, 0.717) is 21.5 Å². The highest BCUT2D eigenvalue weighted by Gasteiger charge is 2.23. The molecule has 0 aliphatic heterocycles. The zero-order valence-electron chi connectivity index (χ0n) is 16.8. The molecule has 1 N–H and O–H groups in total. The SMILES string of the molecule is CN(c1cccc(Cl)c1)S(=O)(=O)c1cccc(C(=O)Nc2nc(-c3cccnc3)cs2)c1. The third kappa shape index (κ3) is 4.64. The average Bonchev–Trinajstić information content (AvgIpc) is 3.27. The predicted octanol–water partition coefficient (Wildman–Crippen LogP) is 4.94. The third-order valence-electron chi connectivity index (χ3n) is 4.61. The Labute approximate surface area is 194 Å². The molecule has 0 saturated heterocycles. The van der Waals surface area contributed by atoms with E-state index in [0.717, 1.165) is 9.87 Å². The molecule has 162 valence electrons. The minimum absolute atomic E-state index is 0.0113. The molecule has 0 fully saturated rings. The molecular weight excluding hydrogens is 468 g/mol. The normalized spacial score (nSPS) is 11.2. The van der Waals surface area contributed by atoms with Gasteiger partial charge in [0.2, 0.25) is 0 Å². The van der Waals surface area contributed by atoms with Crippen molar-refractivity contribution in [1.29, 1.82) is 0 Å². The number of anilines is 2. The highest BCUT2D eigenvalue weighted by Crippen LogP contribution is 2.27. The highest BCUT2D eigenvalue weighted by atomic mass is 35.5. The second-order valence-electron chi connectivity index (χ2n) is 6.71. The van der Waals surface area contributed by atoms with Crippen molar-refractivity contribution in [2.45, 2.75) is 4.90 Å². The van der Waals surface area contributed by atoms with Gasteiger partial charge in [0.05, 0.1) is 16.3 Å². The summed E-state index contributed by atoms with van der Waals surface area (Å²) in [5.74, 6) is -0.459. The van der Waals surface area contributed by atoms with Gasteiger partial charge in [-0.15, -0.1) is 11.3 Å². The Balaban J connectivity index is 1.55. The van der Waals surface area contributed by atoms with Crippen LogP contribution in [0.1, 0.15) is 10.4 Å². The van der Waals surface area contributed by atoms with Crippen molar-refractivity contribution in [3.8, 4) is 11.3 Å². The first-order valence-electron chi connectivity index (χ1n) is 9.36. The summed E-state index contributed by atoms with van der Waals surface area (Å²) in [6.07, 6.45) is 3.36. The fraction of sp³-hybridized carbons (Fsp3) is 0.0455. The maximum Gasteiger partial charge on any atom is 0.264 e. The lowest BCUT2D eigenvalue weighted by Crippen LogP contribution is -2.26. The van der Waals surface area contributed by atoms with Crippen molar-refractivity contribution in [2.75, 3.05) is 16.7 Å². The summed E-state index contributed by atoms with van der Waals surface area (Å²) in [6.45, 7) is 0. The lowest BCUT2D eigenvalue weighted by atomic mass is 10.2. The maximum atomic E-state index is 13.1. The molecule has 4 rings (SSSR count). The topological polar surface area (TPSA) is 92.3 Å². The number of thiazole rings is 1. The highest BCUT2D eigenvalue weighted by molar-refractivity contribution is 7.92. The summed E-state index contributed by atoms with van der Waals surface area (Å²) in [7, 11) is -2.46. The van der Waals surface area contributed by atoms with E-state index in [1.54, 1.807) is 48.8 Å². The summed E-state index contributed by atoms with van der Waals surface area (Å²) in [6, 6.07) is 16.0. The summed E-state index contributed by atoms with van der Waals surface area (Å²) >= 11 is 7.26. The van der Waals surface area contributed by atoms with Crippen molar-refractivity contribution in [1.82, 2.24) is 9.97 Å². The fourth-order valence-electron chi connectivity index (χ4n) is 2.91. The largest absolute Gasteiger partial charge is 0.298 e. The number of nitrogens with one attached hydrogen (secondary N) is 1. The van der Waals surface area contributed by atoms with Crippen LogP contribution < -0.4 is 9.62 Å². The van der Waals surface area contributed by atoms with Gasteiger partial charge in [-0.05, 0) is 48.5 Å². The Kier molecular flexibility index (Phi) is 6.22. The summed E-state index contributed by atoms with van der Waals surface area (Å²) in [5, 5.41) is 5.35. The van der Waals surface area contributed by atoms with Gasteiger partial charge in [0.15, 0.2) is 5.13 Å². The van der Waals surface area contributed by atoms with Gasteiger partial charge in [-0.2, -0.15) is 0 Å². The van der Waals surface area contributed by atoms with Crippen LogP contribution in [-0.2, 0) is 10.0 Å². The van der Waals surface area contributed by atoms with Crippen molar-refractivity contribution in [3.63, 3.8) is 0 Å². The molecular formula is C22H17ClN4O3S2. The number of rotatable bonds is 6. The molecule has 2 aromatic heterocycles. The minimum atomic E-state index is -3.89. The number of benzene rings is 2. The summed E-state index contributed by atoms with van der Waals surface area (Å²) in [5.41, 5.74) is 2.14. The van der Waals surface area contributed by atoms with Gasteiger partial charge in [-0.1, -0.05) is 23.7 Å². The molecule has 7 nitrogen and oxygen atoms in total. The van der Waals surface area contributed by atoms with E-state index in [-0.39, 0.29) is 10.5 Å². The first-order valence-corrected chi connectivity index (χ1v) is 12.1. The molecule has 4 aromatic rings. The first-order chi connectivity index (χ1) is 15.3. The van der Waals surface area contributed by atoms with Crippen molar-refractivity contribution >= 4 is 49.7 Å². The standard InChI is InChI=1S/C22H17ClN4O3S2/c1-27(18-8-3-7-17(23)12-18)32(29,30)19-9-2-5-15(11-19)21(28)26-22-25-20(14-31-22)16-6-4-10-24-13-16/h2-14H,1H3,(H,25,26,28). The number of aromatic nitrogens is 2. The zero-order valence-corrected chi connectivity index (χ0v) is 19.2. The van der Waals surface area contributed by atoms with E-state index in [4.69, 9.17) is 11.6 Å². The lowest BCUT2D eigenvalue weighted by molar-refractivity contribution is 0.102. The van der Waals surface area contributed by atoms with Crippen molar-refractivity contribution in [2.24, 2.45) is 0 Å². The number of carbonyl (C=O) groups is 1. The maximum absolute atomic E-state index is 13.1. The van der Waals surface area contributed by atoms with E-state index < -0.39 is 15.9 Å². The average molecular weight is 485 g/mol. The first kappa shape index (κ1) is 21.9. The van der Waals surface area contributed by atoms with Gasteiger partial charge in [0.1, 0.15) is 0 Å². The van der Waals surface area contributed by atoms with Crippen LogP contribution in [-0.4, -0.2) is 31.3 Å². The number of sulfonamides is 1. The molecule has 10 heteroatoms. The van der Waals surface area contributed by atoms with E-state index in [9.17, 15) is 13.2 Å². The molecule has 32 heavy (non-hydrogen) atoms. The number of halogens is 1. The van der Waals surface area contributed by atoms with Crippen LogP contribution in [0.15, 0.2) is 83.3 Å². The molecule has 0 radical (unpaired) electrons. The number of hydrogen-bond acceptors (Lipinski definition) is 6. The Morgan fingerprint density at radius 1 is 1.09 bits per heavy atom. The molecule has 0 bridgehead atoms. The quantitative estimate of drug-likeness (QED) is 0.418. The van der Waals surface area contributed by atoms with E-state index >= 15 is 0 Å². The molecule has 0 atom stereocenters. The van der Waals surface area contributed by atoms with Gasteiger partial charge in [0, 0.05) is 41.0 Å². The third-order valence-corrected chi connectivity index (χ3v) is 7.38. The van der Waals surface area contributed by atoms with Crippen molar-refractivity contribution in [3.05, 3.63) is 89.0 Å². The number of hydrogen-bond donors (Lipinski definition) is 1. The van der Waals surface area contributed by atoms with E-state index in [1.807, 2.05) is 11.4 Å². The smallest absolute Gasteiger partial charge is 0.264 e. The van der Waals surface area contributed by atoms with Crippen LogP contribution >= 0.6 is 22.9 Å². The number of pyridine rings is 1. The second-order valence-corrected chi connectivity index (χ2v) is 9.98. The van der Waals surface area contributed by atoms with E-state index in [2.05, 4.69) is 15.3 Å². The van der Waals surface area contributed by atoms with Gasteiger partial charge in [-0.25, -0.2) is 13.4 Å². The molecule has 0 saturated carbocycles. The molecule has 2 aromatic carbocycles. The Hall–Kier alpha value is -3.27. The molecule has 0 unspecified atom stereocenters. The predicted molar refractivity (Wildman–Crippen MR) is 127 cm³/mol. The van der Waals surface area contributed by atoms with E-state index in [1.165, 1.54) is 36.6 Å². The summed E-state index contributed by atoms with van der Waals surface area (Å²) < 4.78 is 27.3. The minimum Gasteiger partial charge on any atom is -0.298 e. The molecule has 0 aliphatic carbocycles. The van der Waals surface area contributed by atoms with Crippen LogP contribution in [0.2, 0.25) is 5.02 Å². The van der Waals surface area contributed by atoms with Gasteiger partial charge < -0.3 is 0 Å². The monoisotopic (exact) mass is 484 g/mol. The Morgan fingerprint density at radius 2 is 1.91 bits per heavy atom. The number of carbonyl (C=O) groups excluding carboxylic acids is 1. The van der Waals surface area contributed by atoms with Crippen LogP contribution in [0, 0.1) is 0 Å².